The summed E-state index contributed by atoms with van der Waals surface area (Å²) in [5, 5.41) is 12.4. The monoisotopic (exact) mass is 498 g/mol. The van der Waals surface area contributed by atoms with Gasteiger partial charge in [-0.25, -0.2) is 9.18 Å². The topological polar surface area (TPSA) is 104 Å². The molecule has 3 heterocycles. The SMILES string of the molecule is CCN(CC)CCN1CCc2c(c(C)c(/C=C3\C(=O)Nc4ccc(F)cc43)n2OC(=O)C(C)O)C1=O. The number of likely N-dealkylation sites (N-methyl/N-ethyl adjacent to an activating group) is 1. The molecule has 1 aromatic heterocycles. The van der Waals surface area contributed by atoms with E-state index in [9.17, 15) is 23.9 Å². The number of hydrogen-bond acceptors (Lipinski definition) is 6. The van der Waals surface area contributed by atoms with Gasteiger partial charge in [-0.15, -0.1) is 0 Å². The summed E-state index contributed by atoms with van der Waals surface area (Å²) in [6.07, 6.45) is 0.531. The summed E-state index contributed by atoms with van der Waals surface area (Å²) in [5.74, 6) is -2.02. The maximum Gasteiger partial charge on any atom is 0.360 e. The van der Waals surface area contributed by atoms with Crippen molar-refractivity contribution in [2.45, 2.75) is 40.2 Å². The number of aliphatic hydroxyl groups is 1. The standard InChI is InChI=1S/C26H31FN4O5/c1-5-29(6-2)11-12-30-10-9-21-23(25(30)34)15(3)22(31(21)36-26(35)16(4)32)14-19-18-13-17(27)7-8-20(18)28-24(19)33/h7-8,13-14,16,32H,5-6,9-12H2,1-4H3,(H,28,33)/b19-14-. The van der Waals surface area contributed by atoms with Gasteiger partial charge >= 0.3 is 5.97 Å². The number of anilines is 1. The van der Waals surface area contributed by atoms with Gasteiger partial charge in [0, 0.05) is 37.3 Å². The van der Waals surface area contributed by atoms with Crippen molar-refractivity contribution in [3.63, 3.8) is 0 Å². The van der Waals surface area contributed by atoms with Crippen LogP contribution in [0.4, 0.5) is 10.1 Å². The van der Waals surface area contributed by atoms with Crippen molar-refractivity contribution in [1.29, 1.82) is 0 Å². The number of fused-ring (bicyclic) bond motifs is 2. The fourth-order valence-corrected chi connectivity index (χ4v) is 4.65. The normalized spacial score (nSPS) is 16.9. The van der Waals surface area contributed by atoms with Gasteiger partial charge in [0.15, 0.2) is 6.10 Å². The van der Waals surface area contributed by atoms with Crippen LogP contribution in [0.25, 0.3) is 11.6 Å². The van der Waals surface area contributed by atoms with E-state index < -0.39 is 23.8 Å². The average molecular weight is 499 g/mol. The quantitative estimate of drug-likeness (QED) is 0.541. The van der Waals surface area contributed by atoms with Gasteiger partial charge in [-0.3, -0.25) is 9.59 Å². The summed E-state index contributed by atoms with van der Waals surface area (Å²) in [4.78, 5) is 48.1. The number of halogens is 1. The number of nitrogens with zero attached hydrogens (tertiary/aromatic N) is 3. The molecule has 0 spiro atoms. The van der Waals surface area contributed by atoms with E-state index in [4.69, 9.17) is 4.84 Å². The van der Waals surface area contributed by atoms with Crippen molar-refractivity contribution in [3.8, 4) is 0 Å². The molecule has 1 atom stereocenters. The second-order valence-corrected chi connectivity index (χ2v) is 8.98. The molecule has 2 N–H and O–H groups in total. The summed E-state index contributed by atoms with van der Waals surface area (Å²) in [6, 6.07) is 3.99. The molecule has 9 nitrogen and oxygen atoms in total. The van der Waals surface area contributed by atoms with E-state index in [0.717, 1.165) is 19.6 Å². The van der Waals surface area contributed by atoms with Crippen molar-refractivity contribution in [2.75, 3.05) is 38.0 Å². The Kier molecular flexibility index (Phi) is 7.28. The van der Waals surface area contributed by atoms with Gasteiger partial charge in [0.2, 0.25) is 0 Å². The molecule has 2 aliphatic rings. The third kappa shape index (κ3) is 4.66. The average Bonchev–Trinajstić information content (AvgIpc) is 3.29. The van der Waals surface area contributed by atoms with Gasteiger partial charge in [-0.2, -0.15) is 4.73 Å². The number of aliphatic hydroxyl groups excluding tert-OH is 1. The van der Waals surface area contributed by atoms with Crippen LogP contribution < -0.4 is 10.2 Å². The van der Waals surface area contributed by atoms with Gasteiger partial charge in [0.25, 0.3) is 11.8 Å². The number of rotatable bonds is 8. The molecule has 0 aliphatic carbocycles. The van der Waals surface area contributed by atoms with Crippen LogP contribution in [-0.2, 0) is 16.0 Å². The van der Waals surface area contributed by atoms with Crippen LogP contribution in [0.3, 0.4) is 0 Å². The Hall–Kier alpha value is -3.50. The fourth-order valence-electron chi connectivity index (χ4n) is 4.65. The first-order chi connectivity index (χ1) is 17.2. The molecule has 0 bridgehead atoms. The van der Waals surface area contributed by atoms with Crippen LogP contribution in [0.15, 0.2) is 18.2 Å². The number of hydrogen-bond donors (Lipinski definition) is 2. The molecule has 1 aromatic carbocycles. The highest BCUT2D eigenvalue weighted by Crippen LogP contribution is 2.36. The highest BCUT2D eigenvalue weighted by atomic mass is 19.1. The number of carbonyl (C=O) groups excluding carboxylic acids is 3. The second-order valence-electron chi connectivity index (χ2n) is 8.98. The van der Waals surface area contributed by atoms with E-state index in [-0.39, 0.29) is 11.5 Å². The zero-order valence-corrected chi connectivity index (χ0v) is 20.9. The lowest BCUT2D eigenvalue weighted by atomic mass is 10.0. The van der Waals surface area contributed by atoms with E-state index in [1.54, 1.807) is 11.8 Å². The van der Waals surface area contributed by atoms with E-state index >= 15 is 0 Å². The minimum atomic E-state index is -1.39. The molecule has 0 fully saturated rings. The first-order valence-electron chi connectivity index (χ1n) is 12.1. The van der Waals surface area contributed by atoms with Crippen LogP contribution in [0.5, 0.6) is 0 Å². The molecule has 1 unspecified atom stereocenters. The number of benzene rings is 1. The van der Waals surface area contributed by atoms with Gasteiger partial charge in [-0.1, -0.05) is 13.8 Å². The number of nitrogens with one attached hydrogen (secondary N) is 1. The third-order valence-electron chi connectivity index (χ3n) is 6.78. The minimum Gasteiger partial charge on any atom is -0.382 e. The Morgan fingerprint density at radius 2 is 2.03 bits per heavy atom. The molecule has 4 rings (SSSR count). The molecule has 36 heavy (non-hydrogen) atoms. The zero-order valence-electron chi connectivity index (χ0n) is 20.9. The Bertz CT molecular complexity index is 1250. The lowest BCUT2D eigenvalue weighted by molar-refractivity contribution is -0.153. The molecule has 10 heteroatoms. The molecule has 0 saturated carbocycles. The Morgan fingerprint density at radius 3 is 2.69 bits per heavy atom. The van der Waals surface area contributed by atoms with Gasteiger partial charge < -0.3 is 25.1 Å². The summed E-state index contributed by atoms with van der Waals surface area (Å²) in [7, 11) is 0. The van der Waals surface area contributed by atoms with Crippen LogP contribution in [0.2, 0.25) is 0 Å². The molecule has 0 saturated heterocycles. The highest BCUT2D eigenvalue weighted by molar-refractivity contribution is 6.35. The maximum atomic E-state index is 14.0. The predicted octanol–water partition coefficient (Wildman–Crippen LogP) is 2.10. The molecule has 192 valence electrons. The number of carbonyl (C=O) groups is 3. The number of aromatic nitrogens is 1. The van der Waals surface area contributed by atoms with Crippen LogP contribution >= 0.6 is 0 Å². The zero-order chi connectivity index (χ0) is 26.1. The van der Waals surface area contributed by atoms with Crippen LogP contribution in [0.1, 0.15) is 53.6 Å². The first kappa shape index (κ1) is 25.6. The van der Waals surface area contributed by atoms with E-state index in [0.29, 0.717) is 53.3 Å². The van der Waals surface area contributed by atoms with E-state index in [1.807, 2.05) is 0 Å². The predicted molar refractivity (Wildman–Crippen MR) is 133 cm³/mol. The van der Waals surface area contributed by atoms with Gasteiger partial charge in [-0.05, 0) is 56.8 Å². The number of amides is 2. The maximum absolute atomic E-state index is 14.0. The smallest absolute Gasteiger partial charge is 0.360 e. The molecule has 0 radical (unpaired) electrons. The minimum absolute atomic E-state index is 0.183. The molecular formula is C26H31FN4O5. The summed E-state index contributed by atoms with van der Waals surface area (Å²) in [5.41, 5.74) is 2.77. The summed E-state index contributed by atoms with van der Waals surface area (Å²) < 4.78 is 15.2. The van der Waals surface area contributed by atoms with Crippen molar-refractivity contribution in [1.82, 2.24) is 14.5 Å². The fraction of sp³-hybridized carbons (Fsp3) is 0.423. The Balaban J connectivity index is 1.78. The van der Waals surface area contributed by atoms with Crippen LogP contribution in [-0.4, -0.2) is 76.2 Å². The Morgan fingerprint density at radius 1 is 1.31 bits per heavy atom. The van der Waals surface area contributed by atoms with Crippen molar-refractivity contribution < 1.29 is 28.7 Å². The van der Waals surface area contributed by atoms with Crippen molar-refractivity contribution >= 4 is 35.1 Å². The lowest BCUT2D eigenvalue weighted by Gasteiger charge is -2.30. The molecule has 2 amide bonds. The van der Waals surface area contributed by atoms with Gasteiger partial charge in [0.05, 0.1) is 22.5 Å². The summed E-state index contributed by atoms with van der Waals surface area (Å²) in [6.45, 7) is 10.7. The van der Waals surface area contributed by atoms with Crippen molar-refractivity contribution in [3.05, 3.63) is 52.1 Å². The second kappa shape index (κ2) is 10.2. The largest absolute Gasteiger partial charge is 0.382 e. The lowest BCUT2D eigenvalue weighted by Crippen LogP contribution is -2.43. The first-order valence-corrected chi connectivity index (χ1v) is 12.1. The van der Waals surface area contributed by atoms with E-state index in [2.05, 4.69) is 24.1 Å². The molecular weight excluding hydrogens is 467 g/mol. The highest BCUT2D eigenvalue weighted by Gasteiger charge is 2.35. The Labute approximate surface area is 209 Å². The van der Waals surface area contributed by atoms with Gasteiger partial charge in [0.1, 0.15) is 5.82 Å². The molecule has 2 aromatic rings. The van der Waals surface area contributed by atoms with Crippen LogP contribution in [0, 0.1) is 12.7 Å². The van der Waals surface area contributed by atoms with E-state index in [1.165, 1.54) is 35.9 Å². The molecule has 2 aliphatic heterocycles. The third-order valence-corrected chi connectivity index (χ3v) is 6.78. The van der Waals surface area contributed by atoms with Crippen molar-refractivity contribution in [2.24, 2.45) is 0 Å². The summed E-state index contributed by atoms with van der Waals surface area (Å²) >= 11 is 0.